The molecule has 1 aliphatic rings. The number of ether oxygens (including phenoxy) is 1. The highest BCUT2D eigenvalue weighted by Gasteiger charge is 2.17. The van der Waals surface area contributed by atoms with E-state index >= 15 is 0 Å². The molecule has 1 N–H and O–H groups in total. The summed E-state index contributed by atoms with van der Waals surface area (Å²) in [5.41, 5.74) is 1.27. The van der Waals surface area contributed by atoms with Crippen LogP contribution in [-0.4, -0.2) is 42.7 Å². The summed E-state index contributed by atoms with van der Waals surface area (Å²) in [4.78, 5) is 6.83. The molecule has 0 radical (unpaired) electrons. The number of anilines is 1. The summed E-state index contributed by atoms with van der Waals surface area (Å²) in [5.74, 6) is 0.921. The van der Waals surface area contributed by atoms with Crippen LogP contribution in [0.1, 0.15) is 25.3 Å². The van der Waals surface area contributed by atoms with E-state index in [2.05, 4.69) is 28.2 Å². The van der Waals surface area contributed by atoms with E-state index in [9.17, 15) is 0 Å². The van der Waals surface area contributed by atoms with Gasteiger partial charge in [0, 0.05) is 39.5 Å². The highest BCUT2D eigenvalue weighted by molar-refractivity contribution is 5.34. The summed E-state index contributed by atoms with van der Waals surface area (Å²) in [6, 6.07) is 4.17. The van der Waals surface area contributed by atoms with Gasteiger partial charge in [0.2, 0.25) is 0 Å². The van der Waals surface area contributed by atoms with Crippen LogP contribution in [0.15, 0.2) is 18.3 Å². The number of hydrogen-bond acceptors (Lipinski definition) is 4. The zero-order valence-electron chi connectivity index (χ0n) is 11.4. The Morgan fingerprint density at radius 2 is 2.39 bits per heavy atom. The third-order valence-electron chi connectivity index (χ3n) is 3.38. The van der Waals surface area contributed by atoms with E-state index in [4.69, 9.17) is 4.74 Å². The van der Waals surface area contributed by atoms with Crippen LogP contribution in [0.4, 0.5) is 5.82 Å². The molecule has 0 saturated carbocycles. The van der Waals surface area contributed by atoms with Crippen molar-refractivity contribution in [2.24, 2.45) is 0 Å². The number of nitrogens with one attached hydrogen (secondary N) is 1. The topological polar surface area (TPSA) is 37.4 Å². The Bertz CT molecular complexity index is 353. The fraction of sp³-hybridized carbons (Fsp3) is 0.643. The van der Waals surface area contributed by atoms with Gasteiger partial charge in [-0.15, -0.1) is 0 Å². The number of rotatable bonds is 4. The van der Waals surface area contributed by atoms with Crippen molar-refractivity contribution in [3.05, 3.63) is 23.9 Å². The smallest absolute Gasteiger partial charge is 0.125 e. The molecule has 100 valence electrons. The lowest BCUT2D eigenvalue weighted by Gasteiger charge is -2.22. The first-order chi connectivity index (χ1) is 8.81. The van der Waals surface area contributed by atoms with Crippen molar-refractivity contribution in [2.45, 2.75) is 32.4 Å². The molecule has 0 amide bonds. The summed E-state index contributed by atoms with van der Waals surface area (Å²) >= 11 is 0. The summed E-state index contributed by atoms with van der Waals surface area (Å²) in [5, 5.41) is 3.04. The van der Waals surface area contributed by atoms with E-state index in [1.54, 1.807) is 0 Å². The number of pyridine rings is 1. The molecule has 1 atom stereocenters. The maximum absolute atomic E-state index is 5.79. The summed E-state index contributed by atoms with van der Waals surface area (Å²) in [6.07, 6.45) is 4.56. The first-order valence-corrected chi connectivity index (χ1v) is 6.78. The molecule has 4 nitrogen and oxygen atoms in total. The lowest BCUT2D eigenvalue weighted by molar-refractivity contribution is 0.0510. The molecule has 1 fully saturated rings. The van der Waals surface area contributed by atoms with Crippen LogP contribution < -0.4 is 5.32 Å². The predicted molar refractivity (Wildman–Crippen MR) is 73.7 cm³/mol. The molecule has 4 heteroatoms. The van der Waals surface area contributed by atoms with Crippen molar-refractivity contribution in [3.8, 4) is 0 Å². The highest BCUT2D eigenvalue weighted by atomic mass is 16.5. The molecule has 1 unspecified atom stereocenters. The molecule has 1 aliphatic heterocycles. The van der Waals surface area contributed by atoms with Crippen molar-refractivity contribution in [1.82, 2.24) is 9.88 Å². The van der Waals surface area contributed by atoms with E-state index in [0.717, 1.165) is 44.9 Å². The monoisotopic (exact) mass is 249 g/mol. The quantitative estimate of drug-likeness (QED) is 0.887. The highest BCUT2D eigenvalue weighted by Crippen LogP contribution is 2.13. The van der Waals surface area contributed by atoms with E-state index < -0.39 is 0 Å². The van der Waals surface area contributed by atoms with E-state index in [-0.39, 0.29) is 0 Å². The minimum atomic E-state index is 0.386. The van der Waals surface area contributed by atoms with Crippen LogP contribution in [0.3, 0.4) is 0 Å². The number of nitrogens with zero attached hydrogens (tertiary/aromatic N) is 2. The van der Waals surface area contributed by atoms with Crippen molar-refractivity contribution in [1.29, 1.82) is 0 Å². The second kappa shape index (κ2) is 6.71. The van der Waals surface area contributed by atoms with Crippen molar-refractivity contribution in [2.75, 3.05) is 32.1 Å². The van der Waals surface area contributed by atoms with Crippen LogP contribution in [0.5, 0.6) is 0 Å². The van der Waals surface area contributed by atoms with Crippen molar-refractivity contribution in [3.63, 3.8) is 0 Å². The van der Waals surface area contributed by atoms with E-state index in [0.29, 0.717) is 6.10 Å². The molecular weight excluding hydrogens is 226 g/mol. The van der Waals surface area contributed by atoms with Gasteiger partial charge in [-0.25, -0.2) is 4.98 Å². The Kier molecular flexibility index (Phi) is 4.96. The second-order valence-electron chi connectivity index (χ2n) is 4.79. The Hall–Kier alpha value is -1.13. The molecule has 0 bridgehead atoms. The standard InChI is InChI=1S/C14H23N3O/c1-3-13-11-17(7-4-8-18-13)10-12-5-6-14(15-2)16-9-12/h5-6,9,13H,3-4,7-8,10-11H2,1-2H3,(H,15,16). The van der Waals surface area contributed by atoms with Gasteiger partial charge in [0.05, 0.1) is 6.10 Å². The largest absolute Gasteiger partial charge is 0.377 e. The maximum Gasteiger partial charge on any atom is 0.125 e. The molecule has 1 aromatic rings. The molecular formula is C14H23N3O. The van der Waals surface area contributed by atoms with Crippen molar-refractivity contribution < 1.29 is 4.74 Å². The van der Waals surface area contributed by atoms with Crippen LogP contribution in [0.2, 0.25) is 0 Å². The fourth-order valence-corrected chi connectivity index (χ4v) is 2.28. The minimum absolute atomic E-state index is 0.386. The summed E-state index contributed by atoms with van der Waals surface area (Å²) in [7, 11) is 1.89. The van der Waals surface area contributed by atoms with E-state index in [1.807, 2.05) is 19.3 Å². The Balaban J connectivity index is 1.93. The molecule has 0 aromatic carbocycles. The number of aromatic nitrogens is 1. The van der Waals surface area contributed by atoms with Crippen LogP contribution in [0, 0.1) is 0 Å². The molecule has 0 spiro atoms. The third-order valence-corrected chi connectivity index (χ3v) is 3.38. The Labute approximate surface area is 109 Å². The summed E-state index contributed by atoms with van der Waals surface area (Å²) < 4.78 is 5.79. The summed E-state index contributed by atoms with van der Waals surface area (Å²) in [6.45, 7) is 6.20. The third kappa shape index (κ3) is 3.68. The lowest BCUT2D eigenvalue weighted by atomic mass is 10.2. The molecule has 2 heterocycles. The van der Waals surface area contributed by atoms with Gasteiger partial charge in [-0.05, 0) is 24.5 Å². The van der Waals surface area contributed by atoms with Gasteiger partial charge >= 0.3 is 0 Å². The first kappa shape index (κ1) is 13.3. The van der Waals surface area contributed by atoms with Crippen molar-refractivity contribution >= 4 is 5.82 Å². The molecule has 1 aromatic heterocycles. The molecule has 18 heavy (non-hydrogen) atoms. The zero-order valence-corrected chi connectivity index (χ0v) is 11.4. The van der Waals surface area contributed by atoms with Gasteiger partial charge in [0.15, 0.2) is 0 Å². The average Bonchev–Trinajstić information content (AvgIpc) is 2.65. The van der Waals surface area contributed by atoms with Gasteiger partial charge in [0.25, 0.3) is 0 Å². The Morgan fingerprint density at radius 1 is 1.50 bits per heavy atom. The van der Waals surface area contributed by atoms with Crippen LogP contribution >= 0.6 is 0 Å². The van der Waals surface area contributed by atoms with Gasteiger partial charge in [-0.2, -0.15) is 0 Å². The second-order valence-corrected chi connectivity index (χ2v) is 4.79. The van der Waals surface area contributed by atoms with Gasteiger partial charge < -0.3 is 10.1 Å². The maximum atomic E-state index is 5.79. The first-order valence-electron chi connectivity index (χ1n) is 6.78. The van der Waals surface area contributed by atoms with Crippen LogP contribution in [0.25, 0.3) is 0 Å². The van der Waals surface area contributed by atoms with Gasteiger partial charge in [-0.3, -0.25) is 4.90 Å². The zero-order chi connectivity index (χ0) is 12.8. The van der Waals surface area contributed by atoms with Crippen LogP contribution in [-0.2, 0) is 11.3 Å². The van der Waals surface area contributed by atoms with E-state index in [1.165, 1.54) is 5.56 Å². The van der Waals surface area contributed by atoms with Gasteiger partial charge in [-0.1, -0.05) is 13.0 Å². The fourth-order valence-electron chi connectivity index (χ4n) is 2.28. The SMILES string of the molecule is CCC1CN(Cc2ccc(NC)nc2)CCCO1. The normalized spacial score (nSPS) is 21.6. The number of hydrogen-bond donors (Lipinski definition) is 1. The van der Waals surface area contributed by atoms with Gasteiger partial charge in [0.1, 0.15) is 5.82 Å². The lowest BCUT2D eigenvalue weighted by Crippen LogP contribution is -2.31. The molecule has 2 rings (SSSR count). The Morgan fingerprint density at radius 3 is 3.06 bits per heavy atom. The minimum Gasteiger partial charge on any atom is -0.377 e. The molecule has 1 saturated heterocycles. The molecule has 0 aliphatic carbocycles. The predicted octanol–water partition coefficient (Wildman–Crippen LogP) is 2.12. The average molecular weight is 249 g/mol.